The second-order valence-corrected chi connectivity index (χ2v) is 12.3. The van der Waals surface area contributed by atoms with Crippen molar-refractivity contribution in [2.24, 2.45) is 0 Å². The molecular weight excluding hydrogens is 402 g/mol. The van der Waals surface area contributed by atoms with E-state index in [4.69, 9.17) is 0 Å². The van der Waals surface area contributed by atoms with Crippen molar-refractivity contribution < 1.29 is 0 Å². The molecule has 0 N–H and O–H groups in total. The summed E-state index contributed by atoms with van der Waals surface area (Å²) < 4.78 is 0. The van der Waals surface area contributed by atoms with Crippen molar-refractivity contribution in [2.75, 3.05) is 28.2 Å². The second-order valence-electron chi connectivity index (χ2n) is 6.14. The van der Waals surface area contributed by atoms with Crippen molar-refractivity contribution >= 4 is 26.3 Å². The predicted octanol–water partition coefficient (Wildman–Crippen LogP) is 1.68. The Labute approximate surface area is 150 Å². The van der Waals surface area contributed by atoms with E-state index >= 15 is 0 Å². The van der Waals surface area contributed by atoms with Crippen LogP contribution in [-0.4, -0.2) is 76.3 Å². The third-order valence-corrected chi connectivity index (χ3v) is 11.6. The molecule has 2 nitrogen and oxygen atoms in total. The fraction of sp³-hybridized carbons (Fsp3) is 0.444. The molecule has 10 radical (unpaired) electrons. The summed E-state index contributed by atoms with van der Waals surface area (Å²) >= 11 is 1.12. The second kappa shape index (κ2) is 8.88. The van der Waals surface area contributed by atoms with Gasteiger partial charge in [0, 0.05) is 0 Å². The van der Waals surface area contributed by atoms with Crippen LogP contribution in [0.1, 0.15) is 13.8 Å². The first-order valence-electron chi connectivity index (χ1n) is 7.60. The first kappa shape index (κ1) is 19.3. The molecule has 0 aromatic heterocycles. The molecular formula is C18H26N2Se2. The summed E-state index contributed by atoms with van der Waals surface area (Å²) in [6.07, 6.45) is 13.7. The van der Waals surface area contributed by atoms with Gasteiger partial charge in [-0.2, -0.15) is 0 Å². The molecule has 0 aromatic rings. The zero-order valence-electron chi connectivity index (χ0n) is 14.3. The standard InChI is InChI=1S/C18H26N2Se2/c1-13(19(3)4)15-9-7-11-17(15)21-22-18-12-8-10-16(18)14(2)20(5)6/h7-14H,1-6H3/t13-,14-/m0/s1. The van der Waals surface area contributed by atoms with Gasteiger partial charge in [0.2, 0.25) is 0 Å². The monoisotopic (exact) mass is 430 g/mol. The van der Waals surface area contributed by atoms with E-state index in [-0.39, 0.29) is 0 Å². The number of hydrogen-bond acceptors (Lipinski definition) is 2. The van der Waals surface area contributed by atoms with Crippen LogP contribution in [0, 0.1) is 60.0 Å². The summed E-state index contributed by atoms with van der Waals surface area (Å²) in [4.78, 5) is 7.75. The topological polar surface area (TPSA) is 6.48 Å². The van der Waals surface area contributed by atoms with Gasteiger partial charge < -0.3 is 0 Å². The van der Waals surface area contributed by atoms with E-state index in [0.717, 1.165) is 0 Å². The molecule has 2 atom stereocenters. The molecule has 0 amide bonds. The molecule has 0 bridgehead atoms. The number of nitrogens with zero attached hydrogens (tertiary/aromatic N) is 2. The summed E-state index contributed by atoms with van der Waals surface area (Å²) in [5.74, 6) is 3.03. The molecule has 2 fully saturated rings. The molecule has 0 unspecified atom stereocenters. The van der Waals surface area contributed by atoms with Crippen molar-refractivity contribution in [3.8, 4) is 0 Å². The number of rotatable bonds is 7. The van der Waals surface area contributed by atoms with Crippen molar-refractivity contribution in [1.82, 2.24) is 9.80 Å². The summed E-state index contributed by atoms with van der Waals surface area (Å²) in [6.45, 7) is 4.59. The normalized spacial score (nSPS) is 25.6. The molecule has 2 aliphatic carbocycles. The third-order valence-electron chi connectivity index (χ3n) is 4.29. The van der Waals surface area contributed by atoms with Crippen molar-refractivity contribution in [3.05, 3.63) is 60.0 Å². The molecule has 0 aliphatic heterocycles. The Morgan fingerprint density at radius 3 is 1.36 bits per heavy atom. The van der Waals surface area contributed by atoms with Crippen LogP contribution >= 0.6 is 0 Å². The van der Waals surface area contributed by atoms with E-state index in [9.17, 15) is 0 Å². The SMILES string of the molecule is C[C@@H]([C]1[CH][CH][CH][C]1[Se][Se][C]1[CH][CH][CH][C]1[C@H](C)N(C)C)N(C)C. The number of hydrogen-bond donors (Lipinski definition) is 0. The van der Waals surface area contributed by atoms with Crippen LogP contribution in [0.4, 0.5) is 0 Å². The first-order valence-corrected chi connectivity index (χ1v) is 13.6. The zero-order chi connectivity index (χ0) is 16.3. The van der Waals surface area contributed by atoms with E-state index in [2.05, 4.69) is 90.4 Å². The quantitative estimate of drug-likeness (QED) is 0.570. The van der Waals surface area contributed by atoms with Gasteiger partial charge in [0.05, 0.1) is 0 Å². The van der Waals surface area contributed by atoms with Gasteiger partial charge in [-0.05, 0) is 0 Å². The average molecular weight is 428 g/mol. The van der Waals surface area contributed by atoms with Gasteiger partial charge in [0.25, 0.3) is 0 Å². The van der Waals surface area contributed by atoms with Crippen LogP contribution in [0.25, 0.3) is 0 Å². The third kappa shape index (κ3) is 4.74. The van der Waals surface area contributed by atoms with Crippen LogP contribution in [0.5, 0.6) is 0 Å². The van der Waals surface area contributed by atoms with E-state index in [1.807, 2.05) is 0 Å². The van der Waals surface area contributed by atoms with Gasteiger partial charge in [-0.3, -0.25) is 0 Å². The van der Waals surface area contributed by atoms with E-state index in [1.54, 1.807) is 9.63 Å². The Kier molecular flexibility index (Phi) is 7.78. The Morgan fingerprint density at radius 2 is 1.05 bits per heavy atom. The maximum absolute atomic E-state index is 2.33. The Bertz CT molecular complexity index is 303. The van der Waals surface area contributed by atoms with Gasteiger partial charge in [0.1, 0.15) is 0 Å². The van der Waals surface area contributed by atoms with Crippen molar-refractivity contribution in [1.29, 1.82) is 0 Å². The summed E-state index contributed by atoms with van der Waals surface area (Å²) in [5, 5.41) is 0. The van der Waals surface area contributed by atoms with Crippen LogP contribution < -0.4 is 0 Å². The summed E-state index contributed by atoms with van der Waals surface area (Å²) in [7, 11) is 8.64. The minimum absolute atomic E-state index is 0.502. The van der Waals surface area contributed by atoms with Crippen molar-refractivity contribution in [3.63, 3.8) is 0 Å². The Morgan fingerprint density at radius 1 is 0.682 bits per heavy atom. The fourth-order valence-electron chi connectivity index (χ4n) is 2.32. The molecule has 2 aliphatic rings. The molecule has 2 rings (SSSR count). The molecule has 0 aromatic carbocycles. The predicted molar refractivity (Wildman–Crippen MR) is 96.6 cm³/mol. The van der Waals surface area contributed by atoms with Crippen LogP contribution in [0.2, 0.25) is 0 Å². The van der Waals surface area contributed by atoms with Crippen LogP contribution in [-0.2, 0) is 0 Å². The van der Waals surface area contributed by atoms with Gasteiger partial charge in [-0.15, -0.1) is 0 Å². The molecule has 120 valence electrons. The molecule has 4 heteroatoms. The van der Waals surface area contributed by atoms with E-state index < -0.39 is 0 Å². The van der Waals surface area contributed by atoms with Gasteiger partial charge >= 0.3 is 150 Å². The van der Waals surface area contributed by atoms with Gasteiger partial charge in [-0.1, -0.05) is 0 Å². The maximum atomic E-state index is 2.33. The molecule has 0 heterocycles. The van der Waals surface area contributed by atoms with E-state index in [0.29, 0.717) is 38.3 Å². The van der Waals surface area contributed by atoms with Crippen LogP contribution in [0.15, 0.2) is 0 Å². The van der Waals surface area contributed by atoms with E-state index in [1.165, 1.54) is 11.8 Å². The Hall–Kier alpha value is 0.959. The van der Waals surface area contributed by atoms with Gasteiger partial charge in [0.15, 0.2) is 0 Å². The molecule has 2 saturated carbocycles. The van der Waals surface area contributed by atoms with Crippen molar-refractivity contribution in [2.45, 2.75) is 25.9 Å². The summed E-state index contributed by atoms with van der Waals surface area (Å²) in [6, 6.07) is 1.00. The fourth-order valence-corrected chi connectivity index (χ4v) is 9.93. The van der Waals surface area contributed by atoms with Crippen LogP contribution in [0.3, 0.4) is 0 Å². The average Bonchev–Trinajstić information content (AvgIpc) is 3.11. The molecule has 22 heavy (non-hydrogen) atoms. The Balaban J connectivity index is 1.86. The zero-order valence-corrected chi connectivity index (χ0v) is 17.8. The van der Waals surface area contributed by atoms with Gasteiger partial charge in [-0.25, -0.2) is 0 Å². The minimum atomic E-state index is 0.502. The molecule has 0 spiro atoms. The summed E-state index contributed by atoms with van der Waals surface area (Å²) in [5.41, 5.74) is 0. The molecule has 0 saturated heterocycles. The first-order chi connectivity index (χ1) is 10.4.